The largest absolute Gasteiger partial charge is 0.300 e. The Balaban J connectivity index is 2.39. The minimum absolute atomic E-state index is 0.797. The highest BCUT2D eigenvalue weighted by atomic mass is 32.1. The molecule has 0 N–H and O–H groups in total. The summed E-state index contributed by atoms with van der Waals surface area (Å²) in [6, 6.07) is 0.859. The van der Waals surface area contributed by atoms with Gasteiger partial charge in [-0.15, -0.1) is 0 Å². The third-order valence-electron chi connectivity index (χ3n) is 3.55. The first kappa shape index (κ1) is 12.4. The number of hydrogen-bond acceptors (Lipinski definition) is 2. The SMILES string of the molecule is CCC(CS)CN1CCCCC1CC. The lowest BCUT2D eigenvalue weighted by molar-refractivity contribution is 0.125. The van der Waals surface area contributed by atoms with E-state index in [0.29, 0.717) is 0 Å². The maximum atomic E-state index is 4.43. The lowest BCUT2D eigenvalue weighted by atomic mass is 9.97. The van der Waals surface area contributed by atoms with Crippen LogP contribution >= 0.6 is 12.6 Å². The van der Waals surface area contributed by atoms with Gasteiger partial charge in [-0.1, -0.05) is 26.7 Å². The molecule has 0 amide bonds. The van der Waals surface area contributed by atoms with Gasteiger partial charge in [-0.3, -0.25) is 0 Å². The first-order chi connectivity index (χ1) is 6.81. The Morgan fingerprint density at radius 1 is 1.36 bits per heavy atom. The highest BCUT2D eigenvalue weighted by molar-refractivity contribution is 7.80. The fraction of sp³-hybridized carbons (Fsp3) is 1.00. The summed E-state index contributed by atoms with van der Waals surface area (Å²) in [7, 11) is 0. The fourth-order valence-electron chi connectivity index (χ4n) is 2.41. The number of nitrogens with zero attached hydrogens (tertiary/aromatic N) is 1. The van der Waals surface area contributed by atoms with Crippen LogP contribution in [0.25, 0.3) is 0 Å². The standard InChI is InChI=1S/C12H25NS/c1-3-11(10-14)9-13-8-6-5-7-12(13)4-2/h11-12,14H,3-10H2,1-2H3. The minimum atomic E-state index is 0.797. The van der Waals surface area contributed by atoms with Crippen molar-refractivity contribution in [2.45, 2.75) is 52.0 Å². The molecule has 1 aliphatic rings. The number of thiol groups is 1. The summed E-state index contributed by atoms with van der Waals surface area (Å²) in [5.74, 6) is 1.84. The maximum absolute atomic E-state index is 4.43. The van der Waals surface area contributed by atoms with Crippen molar-refractivity contribution in [3.63, 3.8) is 0 Å². The van der Waals surface area contributed by atoms with Crippen molar-refractivity contribution in [3.05, 3.63) is 0 Å². The molecule has 0 bridgehead atoms. The van der Waals surface area contributed by atoms with Gasteiger partial charge in [0.05, 0.1) is 0 Å². The zero-order chi connectivity index (χ0) is 10.4. The predicted octanol–water partition coefficient (Wildman–Crippen LogP) is 3.21. The van der Waals surface area contributed by atoms with Crippen LogP contribution in [0.4, 0.5) is 0 Å². The van der Waals surface area contributed by atoms with Gasteiger partial charge in [-0.25, -0.2) is 0 Å². The summed E-state index contributed by atoms with van der Waals surface area (Å²) in [6.07, 6.45) is 6.85. The molecule has 1 heterocycles. The van der Waals surface area contributed by atoms with Crippen LogP contribution in [-0.4, -0.2) is 29.8 Å². The first-order valence-electron chi connectivity index (χ1n) is 6.16. The second kappa shape index (κ2) is 6.73. The molecule has 1 aliphatic heterocycles. The second-order valence-electron chi connectivity index (χ2n) is 4.51. The van der Waals surface area contributed by atoms with Crippen molar-refractivity contribution in [3.8, 4) is 0 Å². The summed E-state index contributed by atoms with van der Waals surface area (Å²) in [4.78, 5) is 2.70. The zero-order valence-electron chi connectivity index (χ0n) is 9.71. The third kappa shape index (κ3) is 3.47. The van der Waals surface area contributed by atoms with Crippen LogP contribution in [-0.2, 0) is 0 Å². The lowest BCUT2D eigenvalue weighted by Crippen LogP contribution is -2.42. The summed E-state index contributed by atoms with van der Waals surface area (Å²) in [6.45, 7) is 7.21. The van der Waals surface area contributed by atoms with Crippen LogP contribution in [0.2, 0.25) is 0 Å². The van der Waals surface area contributed by atoms with E-state index in [1.807, 2.05) is 0 Å². The molecule has 1 fully saturated rings. The van der Waals surface area contributed by atoms with E-state index in [9.17, 15) is 0 Å². The molecule has 0 aromatic heterocycles. The average Bonchev–Trinajstić information content (AvgIpc) is 2.26. The predicted molar refractivity (Wildman–Crippen MR) is 67.1 cm³/mol. The molecule has 2 heteroatoms. The van der Waals surface area contributed by atoms with E-state index < -0.39 is 0 Å². The van der Waals surface area contributed by atoms with Crippen LogP contribution in [0.5, 0.6) is 0 Å². The number of likely N-dealkylation sites (tertiary alicyclic amines) is 1. The molecule has 0 aromatic rings. The smallest absolute Gasteiger partial charge is 0.00927 e. The molecular weight excluding hydrogens is 190 g/mol. The molecule has 1 saturated heterocycles. The molecule has 0 aliphatic carbocycles. The van der Waals surface area contributed by atoms with Crippen molar-refractivity contribution in [2.24, 2.45) is 5.92 Å². The van der Waals surface area contributed by atoms with Gasteiger partial charge >= 0.3 is 0 Å². The third-order valence-corrected chi connectivity index (χ3v) is 4.06. The van der Waals surface area contributed by atoms with Crippen molar-refractivity contribution in [1.29, 1.82) is 0 Å². The topological polar surface area (TPSA) is 3.24 Å². The normalized spacial score (nSPS) is 26.4. The van der Waals surface area contributed by atoms with Crippen LogP contribution in [0.1, 0.15) is 46.0 Å². The van der Waals surface area contributed by atoms with E-state index in [0.717, 1.165) is 17.7 Å². The van der Waals surface area contributed by atoms with E-state index >= 15 is 0 Å². The quantitative estimate of drug-likeness (QED) is 0.689. The van der Waals surface area contributed by atoms with Gasteiger partial charge in [0.1, 0.15) is 0 Å². The van der Waals surface area contributed by atoms with E-state index in [1.165, 1.54) is 45.2 Å². The van der Waals surface area contributed by atoms with Gasteiger partial charge in [0, 0.05) is 12.6 Å². The van der Waals surface area contributed by atoms with Gasteiger partial charge in [0.15, 0.2) is 0 Å². The zero-order valence-corrected chi connectivity index (χ0v) is 10.6. The van der Waals surface area contributed by atoms with Gasteiger partial charge in [0.25, 0.3) is 0 Å². The maximum Gasteiger partial charge on any atom is 0.00927 e. The Labute approximate surface area is 94.7 Å². The summed E-state index contributed by atoms with van der Waals surface area (Å²) < 4.78 is 0. The second-order valence-corrected chi connectivity index (χ2v) is 4.87. The highest BCUT2D eigenvalue weighted by Crippen LogP contribution is 2.21. The van der Waals surface area contributed by atoms with E-state index in [1.54, 1.807) is 0 Å². The van der Waals surface area contributed by atoms with Gasteiger partial charge in [-0.05, 0) is 37.5 Å². The van der Waals surface area contributed by atoms with Crippen LogP contribution < -0.4 is 0 Å². The fourth-order valence-corrected chi connectivity index (χ4v) is 2.78. The van der Waals surface area contributed by atoms with E-state index in [-0.39, 0.29) is 0 Å². The van der Waals surface area contributed by atoms with Crippen LogP contribution in [0.15, 0.2) is 0 Å². The molecule has 0 spiro atoms. The van der Waals surface area contributed by atoms with Gasteiger partial charge in [-0.2, -0.15) is 12.6 Å². The van der Waals surface area contributed by atoms with Gasteiger partial charge < -0.3 is 4.90 Å². The number of rotatable bonds is 5. The summed E-state index contributed by atoms with van der Waals surface area (Å²) in [5.41, 5.74) is 0. The molecule has 1 nitrogen and oxygen atoms in total. The minimum Gasteiger partial charge on any atom is -0.300 e. The van der Waals surface area contributed by atoms with E-state index in [2.05, 4.69) is 31.4 Å². The lowest BCUT2D eigenvalue weighted by Gasteiger charge is -2.37. The molecule has 0 aromatic carbocycles. The first-order valence-corrected chi connectivity index (χ1v) is 6.79. The van der Waals surface area contributed by atoms with Gasteiger partial charge in [0.2, 0.25) is 0 Å². The Kier molecular flexibility index (Phi) is 5.95. The molecule has 14 heavy (non-hydrogen) atoms. The Hall–Kier alpha value is 0.310. The van der Waals surface area contributed by atoms with Crippen molar-refractivity contribution in [2.75, 3.05) is 18.8 Å². The van der Waals surface area contributed by atoms with Crippen LogP contribution in [0, 0.1) is 5.92 Å². The molecule has 0 saturated carbocycles. The molecule has 2 atom stereocenters. The molecule has 84 valence electrons. The molecule has 0 radical (unpaired) electrons. The Bertz CT molecular complexity index is 145. The molecule has 1 rings (SSSR count). The van der Waals surface area contributed by atoms with Crippen LogP contribution in [0.3, 0.4) is 0 Å². The van der Waals surface area contributed by atoms with Crippen molar-refractivity contribution >= 4 is 12.6 Å². The summed E-state index contributed by atoms with van der Waals surface area (Å²) >= 11 is 4.43. The monoisotopic (exact) mass is 215 g/mol. The number of piperidine rings is 1. The summed E-state index contributed by atoms with van der Waals surface area (Å²) in [5, 5.41) is 0. The van der Waals surface area contributed by atoms with Crippen molar-refractivity contribution in [1.82, 2.24) is 4.90 Å². The highest BCUT2D eigenvalue weighted by Gasteiger charge is 2.22. The van der Waals surface area contributed by atoms with Crippen molar-refractivity contribution < 1.29 is 0 Å². The molecular formula is C12H25NS. The average molecular weight is 215 g/mol. The Morgan fingerprint density at radius 3 is 2.71 bits per heavy atom. The molecule has 2 unspecified atom stereocenters. The number of hydrogen-bond donors (Lipinski definition) is 1. The Morgan fingerprint density at radius 2 is 2.14 bits per heavy atom. The van der Waals surface area contributed by atoms with E-state index in [4.69, 9.17) is 0 Å².